The summed E-state index contributed by atoms with van der Waals surface area (Å²) in [6, 6.07) is 14.1. The quantitative estimate of drug-likeness (QED) is 0.436. The first-order valence-electron chi connectivity index (χ1n) is 11.0. The van der Waals surface area contributed by atoms with Crippen LogP contribution in [-0.4, -0.2) is 24.9 Å². The topological polar surface area (TPSA) is 35.5 Å². The number of benzene rings is 2. The first-order valence-corrected chi connectivity index (χ1v) is 11.0. The predicted molar refractivity (Wildman–Crippen MR) is 118 cm³/mol. The highest BCUT2D eigenvalue weighted by Crippen LogP contribution is 2.43. The Morgan fingerprint density at radius 2 is 1.68 bits per heavy atom. The Hall–Kier alpha value is -2.27. The molecule has 5 heteroatoms. The minimum atomic E-state index is -3.71. The molecule has 1 aliphatic carbocycles. The van der Waals surface area contributed by atoms with Gasteiger partial charge in [-0.1, -0.05) is 57.5 Å². The van der Waals surface area contributed by atoms with E-state index < -0.39 is 17.8 Å². The summed E-state index contributed by atoms with van der Waals surface area (Å²) in [4.78, 5) is 12.9. The molecule has 0 amide bonds. The molecule has 168 valence electrons. The third-order valence-electron chi connectivity index (χ3n) is 6.36. The van der Waals surface area contributed by atoms with Gasteiger partial charge in [-0.15, -0.1) is 0 Å². The maximum atomic E-state index is 15.7. The van der Waals surface area contributed by atoms with Crippen LogP contribution in [0.3, 0.4) is 0 Å². The van der Waals surface area contributed by atoms with Crippen LogP contribution >= 0.6 is 0 Å². The van der Waals surface area contributed by atoms with E-state index in [0.29, 0.717) is 23.1 Å². The zero-order valence-corrected chi connectivity index (χ0v) is 18.7. The number of methoxy groups -OCH3 is 1. The highest BCUT2D eigenvalue weighted by Gasteiger charge is 2.51. The van der Waals surface area contributed by atoms with Gasteiger partial charge in [-0.3, -0.25) is 4.79 Å². The van der Waals surface area contributed by atoms with Gasteiger partial charge in [0.2, 0.25) is 5.78 Å². The zero-order chi connectivity index (χ0) is 22.6. The Balaban J connectivity index is 1.94. The lowest BCUT2D eigenvalue weighted by atomic mass is 9.75. The Morgan fingerprint density at radius 1 is 1.03 bits per heavy atom. The molecule has 0 aliphatic heterocycles. The van der Waals surface area contributed by atoms with Gasteiger partial charge < -0.3 is 9.47 Å². The second kappa shape index (κ2) is 9.90. The van der Waals surface area contributed by atoms with Crippen molar-refractivity contribution in [1.29, 1.82) is 0 Å². The maximum Gasteiger partial charge on any atom is 0.339 e. The molecule has 3 rings (SSSR count). The van der Waals surface area contributed by atoms with Crippen molar-refractivity contribution in [3.63, 3.8) is 0 Å². The standard InChI is InChI=1S/C26H32F2O3/c1-17(2)22-15-10-18(3)16-23(22)31-25(20-8-6-5-7-9-20)26(27,28)24(29)19-11-13-21(30-4)14-12-19/h5-9,11-14,17-18,22-23,25H,10,15-16H2,1-4H3/t18-,22+,23-,25?/m1/s1. The van der Waals surface area contributed by atoms with Gasteiger partial charge in [0.05, 0.1) is 13.2 Å². The van der Waals surface area contributed by atoms with Crippen molar-refractivity contribution in [2.75, 3.05) is 7.11 Å². The number of ether oxygens (including phenoxy) is 2. The summed E-state index contributed by atoms with van der Waals surface area (Å²) in [5.41, 5.74) is 0.253. The van der Waals surface area contributed by atoms with Crippen LogP contribution in [0.4, 0.5) is 8.78 Å². The lowest BCUT2D eigenvalue weighted by molar-refractivity contribution is -0.163. The van der Waals surface area contributed by atoms with E-state index in [-0.39, 0.29) is 17.6 Å². The average Bonchev–Trinajstić information content (AvgIpc) is 2.77. The summed E-state index contributed by atoms with van der Waals surface area (Å²) in [5.74, 6) is -3.53. The Labute approximate surface area is 183 Å². The molecule has 0 radical (unpaired) electrons. The van der Waals surface area contributed by atoms with Crippen molar-refractivity contribution >= 4 is 5.78 Å². The van der Waals surface area contributed by atoms with E-state index in [4.69, 9.17) is 9.47 Å². The zero-order valence-electron chi connectivity index (χ0n) is 18.7. The van der Waals surface area contributed by atoms with Crippen LogP contribution < -0.4 is 4.74 Å². The number of alkyl halides is 2. The van der Waals surface area contributed by atoms with Crippen molar-refractivity contribution < 1.29 is 23.0 Å². The minimum Gasteiger partial charge on any atom is -0.497 e. The van der Waals surface area contributed by atoms with Crippen LogP contribution in [0.5, 0.6) is 5.75 Å². The van der Waals surface area contributed by atoms with Gasteiger partial charge >= 0.3 is 5.92 Å². The van der Waals surface area contributed by atoms with Crippen molar-refractivity contribution in [2.45, 2.75) is 58.2 Å². The second-order valence-corrected chi connectivity index (χ2v) is 8.97. The largest absolute Gasteiger partial charge is 0.497 e. The average molecular weight is 431 g/mol. The molecule has 0 heterocycles. The third kappa shape index (κ3) is 5.32. The Bertz CT molecular complexity index is 849. The van der Waals surface area contributed by atoms with Crippen LogP contribution in [0.2, 0.25) is 0 Å². The first-order chi connectivity index (χ1) is 14.7. The SMILES string of the molecule is COc1ccc(C(=O)C(F)(F)C(O[C@@H]2C[C@H](C)CC[C@H]2C(C)C)c2ccccc2)cc1. The number of carbonyl (C=O) groups excluding carboxylic acids is 1. The summed E-state index contributed by atoms with van der Waals surface area (Å²) < 4.78 is 42.7. The molecule has 3 nitrogen and oxygen atoms in total. The van der Waals surface area contributed by atoms with Crippen LogP contribution in [-0.2, 0) is 4.74 Å². The van der Waals surface area contributed by atoms with Crippen LogP contribution in [0.1, 0.15) is 62.1 Å². The normalized spacial score (nSPS) is 22.9. The molecule has 1 aliphatic rings. The second-order valence-electron chi connectivity index (χ2n) is 8.97. The molecule has 2 aromatic carbocycles. The Kier molecular flexibility index (Phi) is 7.47. The summed E-state index contributed by atoms with van der Waals surface area (Å²) in [5, 5.41) is 0. The number of Topliss-reactive ketones (excluding diaryl/α,β-unsaturated/α-hetero) is 1. The number of halogens is 2. The van der Waals surface area contributed by atoms with Crippen LogP contribution in [0.25, 0.3) is 0 Å². The maximum absolute atomic E-state index is 15.7. The third-order valence-corrected chi connectivity index (χ3v) is 6.36. The summed E-state index contributed by atoms with van der Waals surface area (Å²) in [6.07, 6.45) is 0.783. The van der Waals surface area contributed by atoms with Crippen molar-refractivity contribution in [3.8, 4) is 5.75 Å². The van der Waals surface area contributed by atoms with Gasteiger partial charge in [0.25, 0.3) is 0 Å². The van der Waals surface area contributed by atoms with E-state index >= 15 is 8.78 Å². The van der Waals surface area contributed by atoms with Gasteiger partial charge in [-0.2, -0.15) is 8.78 Å². The molecule has 1 saturated carbocycles. The van der Waals surface area contributed by atoms with Gasteiger partial charge in [0, 0.05) is 5.56 Å². The van der Waals surface area contributed by atoms with E-state index in [2.05, 4.69) is 20.8 Å². The fourth-order valence-electron chi connectivity index (χ4n) is 4.50. The lowest BCUT2D eigenvalue weighted by Crippen LogP contribution is -2.43. The highest BCUT2D eigenvalue weighted by atomic mass is 19.3. The van der Waals surface area contributed by atoms with E-state index in [1.807, 2.05) is 0 Å². The molecule has 1 fully saturated rings. The molecule has 0 bridgehead atoms. The van der Waals surface area contributed by atoms with E-state index in [9.17, 15) is 4.79 Å². The fraction of sp³-hybridized carbons (Fsp3) is 0.500. The number of rotatable bonds is 8. The number of carbonyl (C=O) groups is 1. The minimum absolute atomic E-state index is 0.0623. The summed E-state index contributed by atoms with van der Waals surface area (Å²) in [6.45, 7) is 6.34. The molecule has 0 aromatic heterocycles. The van der Waals surface area contributed by atoms with Gasteiger partial charge in [-0.05, 0) is 60.4 Å². The summed E-state index contributed by atoms with van der Waals surface area (Å²) >= 11 is 0. The molecule has 1 unspecified atom stereocenters. The molecule has 2 aromatic rings. The first kappa shape index (κ1) is 23.4. The molecule has 0 saturated heterocycles. The van der Waals surface area contributed by atoms with E-state index in [1.165, 1.54) is 31.4 Å². The lowest BCUT2D eigenvalue weighted by Gasteiger charge is -2.40. The Morgan fingerprint density at radius 3 is 2.26 bits per heavy atom. The van der Waals surface area contributed by atoms with E-state index in [1.54, 1.807) is 30.3 Å². The fourth-order valence-corrected chi connectivity index (χ4v) is 4.50. The number of hydrogen-bond donors (Lipinski definition) is 0. The summed E-state index contributed by atoms with van der Waals surface area (Å²) in [7, 11) is 1.49. The molecule has 31 heavy (non-hydrogen) atoms. The smallest absolute Gasteiger partial charge is 0.339 e. The number of ketones is 1. The molecular formula is C26H32F2O3. The monoisotopic (exact) mass is 430 g/mol. The number of hydrogen-bond acceptors (Lipinski definition) is 3. The van der Waals surface area contributed by atoms with Gasteiger partial charge in [-0.25, -0.2) is 0 Å². The van der Waals surface area contributed by atoms with Crippen LogP contribution in [0.15, 0.2) is 54.6 Å². The molecular weight excluding hydrogens is 398 g/mol. The van der Waals surface area contributed by atoms with Gasteiger partial charge in [0.15, 0.2) is 6.10 Å². The predicted octanol–water partition coefficient (Wildman–Crippen LogP) is 6.73. The highest BCUT2D eigenvalue weighted by molar-refractivity contribution is 6.02. The molecule has 4 atom stereocenters. The molecule has 0 N–H and O–H groups in total. The van der Waals surface area contributed by atoms with Crippen molar-refractivity contribution in [2.24, 2.45) is 17.8 Å². The van der Waals surface area contributed by atoms with Gasteiger partial charge in [0.1, 0.15) is 5.75 Å². The van der Waals surface area contributed by atoms with E-state index in [0.717, 1.165) is 19.3 Å². The molecule has 0 spiro atoms. The van der Waals surface area contributed by atoms with Crippen molar-refractivity contribution in [3.05, 3.63) is 65.7 Å². The van der Waals surface area contributed by atoms with Crippen molar-refractivity contribution in [1.82, 2.24) is 0 Å². The van der Waals surface area contributed by atoms with Crippen LogP contribution in [0, 0.1) is 17.8 Å².